The number of hydrogen-bond donors (Lipinski definition) is 0. The highest BCUT2D eigenvalue weighted by molar-refractivity contribution is 5.84. The van der Waals surface area contributed by atoms with Crippen molar-refractivity contribution in [2.75, 3.05) is 13.1 Å². The fourth-order valence-corrected chi connectivity index (χ4v) is 4.46. The first kappa shape index (κ1) is 17.3. The molecule has 3 atom stereocenters. The van der Waals surface area contributed by atoms with Crippen LogP contribution in [0.15, 0.2) is 40.3 Å². The van der Waals surface area contributed by atoms with Crippen LogP contribution in [0.25, 0.3) is 11.1 Å². The van der Waals surface area contributed by atoms with E-state index in [9.17, 15) is 4.79 Å². The Bertz CT molecular complexity index is 827. The maximum atomic E-state index is 13.2. The van der Waals surface area contributed by atoms with Gasteiger partial charge < -0.3 is 9.32 Å². The van der Waals surface area contributed by atoms with Gasteiger partial charge in [0.1, 0.15) is 5.52 Å². The number of carbonyl (C=O) groups excluding carboxylic acids is 1. The number of allylic oxidation sites excluding steroid dienone is 2. The number of amides is 1. The highest BCUT2D eigenvalue weighted by atomic mass is 16.3. The summed E-state index contributed by atoms with van der Waals surface area (Å²) in [7, 11) is 0. The number of nitrogens with zero attached hydrogens (tertiary/aromatic N) is 2. The second-order valence-corrected chi connectivity index (χ2v) is 8.71. The van der Waals surface area contributed by atoms with Crippen molar-refractivity contribution < 1.29 is 9.21 Å². The molecule has 138 valence electrons. The zero-order valence-corrected chi connectivity index (χ0v) is 16.2. The van der Waals surface area contributed by atoms with E-state index in [-0.39, 0.29) is 17.3 Å². The molecule has 26 heavy (non-hydrogen) atoms. The molecule has 4 heteroatoms. The molecule has 2 heterocycles. The summed E-state index contributed by atoms with van der Waals surface area (Å²) in [5, 5.41) is 0. The van der Waals surface area contributed by atoms with Crippen molar-refractivity contribution in [2.45, 2.75) is 46.5 Å². The van der Waals surface area contributed by atoms with E-state index in [0.29, 0.717) is 11.8 Å². The van der Waals surface area contributed by atoms with Crippen molar-refractivity contribution in [1.29, 1.82) is 0 Å². The third kappa shape index (κ3) is 2.95. The van der Waals surface area contributed by atoms with Gasteiger partial charge in [-0.2, -0.15) is 0 Å². The third-order valence-corrected chi connectivity index (χ3v) is 6.08. The van der Waals surface area contributed by atoms with Gasteiger partial charge in [-0.25, -0.2) is 4.98 Å². The van der Waals surface area contributed by atoms with Crippen molar-refractivity contribution in [1.82, 2.24) is 9.88 Å². The minimum absolute atomic E-state index is 0.0684. The highest BCUT2D eigenvalue weighted by Gasteiger charge is 2.61. The summed E-state index contributed by atoms with van der Waals surface area (Å²) in [4.78, 5) is 19.9. The summed E-state index contributed by atoms with van der Waals surface area (Å²) in [5.41, 5.74) is 3.09. The Kier molecular flexibility index (Phi) is 4.17. The number of aromatic nitrogens is 1. The average Bonchev–Trinajstić information content (AvgIpc) is 2.96. The summed E-state index contributed by atoms with van der Waals surface area (Å²) < 4.78 is 5.97. The Morgan fingerprint density at radius 1 is 1.31 bits per heavy atom. The summed E-state index contributed by atoms with van der Waals surface area (Å²) >= 11 is 0. The van der Waals surface area contributed by atoms with Crippen LogP contribution in [0.1, 0.15) is 52.3 Å². The lowest BCUT2D eigenvalue weighted by atomic mass is 9.97. The molecule has 0 bridgehead atoms. The molecule has 2 fully saturated rings. The molecule has 2 aromatic rings. The summed E-state index contributed by atoms with van der Waals surface area (Å²) in [6, 6.07) is 7.87. The Morgan fingerprint density at radius 2 is 2.08 bits per heavy atom. The predicted molar refractivity (Wildman–Crippen MR) is 103 cm³/mol. The first-order valence-corrected chi connectivity index (χ1v) is 9.67. The number of hydrogen-bond acceptors (Lipinski definition) is 3. The maximum absolute atomic E-state index is 13.2. The number of benzene rings is 1. The minimum Gasteiger partial charge on any atom is -0.440 e. The van der Waals surface area contributed by atoms with E-state index < -0.39 is 0 Å². The predicted octanol–water partition coefficient (Wildman–Crippen LogP) is 4.77. The van der Waals surface area contributed by atoms with Crippen LogP contribution < -0.4 is 0 Å². The van der Waals surface area contributed by atoms with Gasteiger partial charge in [-0.15, -0.1) is 0 Å². The second-order valence-electron chi connectivity index (χ2n) is 8.71. The third-order valence-electron chi connectivity index (χ3n) is 6.08. The van der Waals surface area contributed by atoms with E-state index in [4.69, 9.17) is 4.42 Å². The van der Waals surface area contributed by atoms with E-state index in [1.54, 1.807) is 0 Å². The molecule has 0 radical (unpaired) electrons. The average molecular weight is 352 g/mol. The van der Waals surface area contributed by atoms with Crippen LogP contribution in [0.5, 0.6) is 0 Å². The Morgan fingerprint density at radius 3 is 2.81 bits per heavy atom. The van der Waals surface area contributed by atoms with Crippen LogP contribution in [0.3, 0.4) is 0 Å². The van der Waals surface area contributed by atoms with Crippen molar-refractivity contribution in [3.05, 3.63) is 41.8 Å². The highest BCUT2D eigenvalue weighted by Crippen LogP contribution is 2.60. The van der Waals surface area contributed by atoms with E-state index in [0.717, 1.165) is 42.9 Å². The fourth-order valence-electron chi connectivity index (χ4n) is 4.46. The van der Waals surface area contributed by atoms with Gasteiger partial charge in [0.15, 0.2) is 11.5 Å². The fraction of sp³-hybridized carbons (Fsp3) is 0.545. The van der Waals surface area contributed by atoms with Crippen molar-refractivity contribution in [3.8, 4) is 0 Å². The van der Waals surface area contributed by atoms with Gasteiger partial charge in [0.05, 0.1) is 11.8 Å². The number of likely N-dealkylation sites (tertiary alicyclic amines) is 1. The van der Waals surface area contributed by atoms with Crippen molar-refractivity contribution >= 4 is 17.0 Å². The number of carbonyl (C=O) groups is 1. The molecule has 0 spiro atoms. The number of fused-ring (bicyclic) bond motifs is 1. The van der Waals surface area contributed by atoms with Gasteiger partial charge in [0, 0.05) is 13.1 Å². The van der Waals surface area contributed by atoms with Gasteiger partial charge in [0.25, 0.3) is 0 Å². The van der Waals surface area contributed by atoms with Gasteiger partial charge in [-0.05, 0) is 50.2 Å². The second kappa shape index (κ2) is 6.26. The van der Waals surface area contributed by atoms with Crippen LogP contribution in [-0.4, -0.2) is 28.9 Å². The van der Waals surface area contributed by atoms with Crippen LogP contribution in [-0.2, 0) is 4.79 Å². The molecule has 1 aromatic carbocycles. The molecular formula is C22H28N2O2. The number of rotatable bonds is 3. The molecule has 1 aliphatic carbocycles. The Hall–Kier alpha value is -2.10. The molecular weight excluding hydrogens is 324 g/mol. The van der Waals surface area contributed by atoms with Crippen molar-refractivity contribution in [2.24, 2.45) is 17.3 Å². The first-order chi connectivity index (χ1) is 12.4. The van der Waals surface area contributed by atoms with Crippen LogP contribution in [0.2, 0.25) is 0 Å². The molecule has 0 N–H and O–H groups in total. The monoisotopic (exact) mass is 352 g/mol. The minimum atomic E-state index is 0.0684. The van der Waals surface area contributed by atoms with Gasteiger partial charge >= 0.3 is 0 Å². The molecule has 0 unspecified atom stereocenters. The van der Waals surface area contributed by atoms with Crippen LogP contribution in [0, 0.1) is 17.3 Å². The largest absolute Gasteiger partial charge is 0.440 e. The SMILES string of the molecule is CC(C)=C[C@@H]1[C@H](C(=O)N2CCC[C@@H](c3nc4ccccc4o3)C2)C1(C)C. The quantitative estimate of drug-likeness (QED) is 0.747. The van der Waals surface area contributed by atoms with E-state index in [1.807, 2.05) is 29.2 Å². The molecule has 1 saturated carbocycles. The smallest absolute Gasteiger partial charge is 0.226 e. The van der Waals surface area contributed by atoms with Crippen molar-refractivity contribution in [3.63, 3.8) is 0 Å². The Balaban J connectivity index is 1.50. The van der Waals surface area contributed by atoms with E-state index >= 15 is 0 Å². The summed E-state index contributed by atoms with van der Waals surface area (Å²) in [6.07, 6.45) is 4.31. The van der Waals surface area contributed by atoms with Crippen LogP contribution >= 0.6 is 0 Å². The molecule has 1 aliphatic heterocycles. The normalized spacial score (nSPS) is 27.4. The molecule has 4 nitrogen and oxygen atoms in total. The lowest BCUT2D eigenvalue weighted by molar-refractivity contribution is -0.134. The first-order valence-electron chi connectivity index (χ1n) is 9.67. The van der Waals surface area contributed by atoms with Gasteiger partial charge in [-0.3, -0.25) is 4.79 Å². The molecule has 1 amide bonds. The number of oxazole rings is 1. The lowest BCUT2D eigenvalue weighted by Crippen LogP contribution is -2.40. The van der Waals surface area contributed by atoms with E-state index in [2.05, 4.69) is 38.8 Å². The van der Waals surface area contributed by atoms with Gasteiger partial charge in [0.2, 0.25) is 5.91 Å². The molecule has 4 rings (SSSR count). The number of para-hydroxylation sites is 2. The standard InChI is InChI=1S/C22H28N2O2/c1-14(2)12-16-19(22(16,3)4)21(25)24-11-7-8-15(13-24)20-23-17-9-5-6-10-18(17)26-20/h5-6,9-10,12,15-16,19H,7-8,11,13H2,1-4H3/t15-,16-,19-/m1/s1. The maximum Gasteiger partial charge on any atom is 0.226 e. The summed E-state index contributed by atoms with van der Waals surface area (Å²) in [6.45, 7) is 10.2. The van der Waals surface area contributed by atoms with Gasteiger partial charge in [-0.1, -0.05) is 37.6 Å². The zero-order valence-electron chi connectivity index (χ0n) is 16.2. The zero-order chi connectivity index (χ0) is 18.5. The molecule has 2 aliphatic rings. The topological polar surface area (TPSA) is 46.3 Å². The molecule has 1 aromatic heterocycles. The van der Waals surface area contributed by atoms with Crippen LogP contribution in [0.4, 0.5) is 0 Å². The molecule has 1 saturated heterocycles. The number of piperidine rings is 1. The lowest BCUT2D eigenvalue weighted by Gasteiger charge is -2.31. The van der Waals surface area contributed by atoms with E-state index in [1.165, 1.54) is 5.57 Å². The summed E-state index contributed by atoms with van der Waals surface area (Å²) in [5.74, 6) is 1.76. The Labute approximate surface area is 155 Å².